The Labute approximate surface area is 179 Å². The summed E-state index contributed by atoms with van der Waals surface area (Å²) >= 11 is 6.38. The number of carbonyl (C=O) groups excluding carboxylic acids is 2. The molecule has 2 heterocycles. The highest BCUT2D eigenvalue weighted by Gasteiger charge is 2.31. The van der Waals surface area contributed by atoms with Crippen LogP contribution in [0.5, 0.6) is 0 Å². The van der Waals surface area contributed by atoms with Crippen LogP contribution in [0.3, 0.4) is 0 Å². The molecule has 1 saturated heterocycles. The molecule has 2 aromatic rings. The minimum atomic E-state index is -3.07. The van der Waals surface area contributed by atoms with Gasteiger partial charge in [0.25, 0.3) is 0 Å². The molecule has 8 nitrogen and oxygen atoms in total. The van der Waals surface area contributed by atoms with Gasteiger partial charge < -0.3 is 9.47 Å². The molecule has 1 fully saturated rings. The van der Waals surface area contributed by atoms with Crippen LogP contribution in [0.1, 0.15) is 39.6 Å². The summed E-state index contributed by atoms with van der Waals surface area (Å²) < 4.78 is 34.8. The molecule has 0 aliphatic carbocycles. The molecule has 1 aromatic carbocycles. The number of carbonyl (C=O) groups is 2. The molecule has 0 bridgehead atoms. The van der Waals surface area contributed by atoms with Gasteiger partial charge >= 0.3 is 11.9 Å². The number of aryl methyl sites for hydroxylation is 1. The van der Waals surface area contributed by atoms with Crippen LogP contribution in [0.15, 0.2) is 30.3 Å². The number of aromatic nitrogens is 2. The van der Waals surface area contributed by atoms with Crippen molar-refractivity contribution in [2.45, 2.75) is 26.0 Å². The maximum atomic E-state index is 12.0. The number of benzene rings is 1. The number of ether oxygens (including phenoxy) is 2. The highest BCUT2D eigenvalue weighted by Crippen LogP contribution is 2.30. The van der Waals surface area contributed by atoms with Gasteiger partial charge in [-0.25, -0.2) is 22.7 Å². The number of hydrogen-bond acceptors (Lipinski definition) is 7. The lowest BCUT2D eigenvalue weighted by Gasteiger charge is -2.09. The van der Waals surface area contributed by atoms with Crippen LogP contribution in [0.25, 0.3) is 6.08 Å². The number of rotatable bonds is 6. The molecule has 1 aliphatic rings. The third-order valence-corrected chi connectivity index (χ3v) is 6.89. The van der Waals surface area contributed by atoms with Crippen molar-refractivity contribution in [3.63, 3.8) is 0 Å². The smallest absolute Gasteiger partial charge is 0.337 e. The average molecular weight is 453 g/mol. The molecule has 0 radical (unpaired) electrons. The molecule has 0 unspecified atom stereocenters. The van der Waals surface area contributed by atoms with Crippen LogP contribution in [0.2, 0.25) is 5.15 Å². The normalized spacial score (nSPS) is 17.9. The number of nitrogens with zero attached hydrogens (tertiary/aromatic N) is 2. The van der Waals surface area contributed by atoms with Crippen molar-refractivity contribution < 1.29 is 27.5 Å². The Kier molecular flexibility index (Phi) is 6.62. The Morgan fingerprint density at radius 3 is 2.60 bits per heavy atom. The Balaban J connectivity index is 1.62. The summed E-state index contributed by atoms with van der Waals surface area (Å²) in [7, 11) is -1.77. The van der Waals surface area contributed by atoms with Crippen molar-refractivity contribution in [2.75, 3.05) is 18.6 Å². The second kappa shape index (κ2) is 9.01. The summed E-state index contributed by atoms with van der Waals surface area (Å²) in [5.74, 6) is -0.887. The Hall–Kier alpha value is -2.65. The van der Waals surface area contributed by atoms with E-state index >= 15 is 0 Å². The first-order valence-electron chi connectivity index (χ1n) is 9.17. The molecule has 160 valence electrons. The second-order valence-corrected chi connectivity index (χ2v) is 9.51. The quantitative estimate of drug-likeness (QED) is 0.490. The van der Waals surface area contributed by atoms with Crippen LogP contribution in [0, 0.1) is 6.92 Å². The van der Waals surface area contributed by atoms with Gasteiger partial charge in [0.05, 0.1) is 35.9 Å². The maximum Gasteiger partial charge on any atom is 0.337 e. The number of halogens is 1. The van der Waals surface area contributed by atoms with Crippen molar-refractivity contribution in [2.24, 2.45) is 0 Å². The first-order chi connectivity index (χ1) is 14.2. The zero-order chi connectivity index (χ0) is 21.9. The molecular weight excluding hydrogens is 432 g/mol. The van der Waals surface area contributed by atoms with Gasteiger partial charge in [-0.3, -0.25) is 0 Å². The fourth-order valence-corrected chi connectivity index (χ4v) is 5.21. The standard InChI is InChI=1S/C20H21ClN2O6S/c1-13-17(19(21)23(22-13)16-9-10-30(26,27)12-16)7-8-18(24)29-11-14-3-5-15(6-4-14)20(25)28-2/h3-8,16H,9-12H2,1-2H3/b8-7+/t16-/m0/s1. The molecule has 3 rings (SSSR count). The van der Waals surface area contributed by atoms with Crippen LogP contribution in [0.4, 0.5) is 0 Å². The topological polar surface area (TPSA) is 105 Å². The lowest BCUT2D eigenvalue weighted by molar-refractivity contribution is -0.138. The van der Waals surface area contributed by atoms with E-state index in [9.17, 15) is 18.0 Å². The minimum absolute atomic E-state index is 0.00774. The molecule has 10 heteroatoms. The summed E-state index contributed by atoms with van der Waals surface area (Å²) in [5, 5.41) is 4.63. The summed E-state index contributed by atoms with van der Waals surface area (Å²) in [5.41, 5.74) is 2.26. The summed E-state index contributed by atoms with van der Waals surface area (Å²) in [6.07, 6.45) is 3.21. The molecule has 1 aliphatic heterocycles. The molecular formula is C20H21ClN2O6S. The van der Waals surface area contributed by atoms with Crippen molar-refractivity contribution in [1.29, 1.82) is 0 Å². The zero-order valence-electron chi connectivity index (χ0n) is 16.5. The molecule has 1 atom stereocenters. The molecule has 1 aromatic heterocycles. The molecule has 0 spiro atoms. The van der Waals surface area contributed by atoms with E-state index in [1.54, 1.807) is 31.2 Å². The van der Waals surface area contributed by atoms with Gasteiger partial charge in [0, 0.05) is 11.6 Å². The summed E-state index contributed by atoms with van der Waals surface area (Å²) in [6, 6.07) is 6.22. The van der Waals surface area contributed by atoms with E-state index in [0.717, 1.165) is 0 Å². The molecule has 0 amide bonds. The van der Waals surface area contributed by atoms with Gasteiger partial charge in [-0.15, -0.1) is 0 Å². The number of esters is 2. The predicted octanol–water partition coefficient (Wildman–Crippen LogP) is 2.75. The van der Waals surface area contributed by atoms with Gasteiger partial charge in [-0.1, -0.05) is 23.7 Å². The fraction of sp³-hybridized carbons (Fsp3) is 0.350. The number of methoxy groups -OCH3 is 1. The van der Waals surface area contributed by atoms with Gasteiger partial charge in [0.1, 0.15) is 11.8 Å². The van der Waals surface area contributed by atoms with Crippen LogP contribution >= 0.6 is 11.6 Å². The lowest BCUT2D eigenvalue weighted by atomic mass is 10.1. The lowest BCUT2D eigenvalue weighted by Crippen LogP contribution is -2.12. The predicted molar refractivity (Wildman–Crippen MR) is 111 cm³/mol. The first kappa shape index (κ1) is 22.0. The number of hydrogen-bond donors (Lipinski definition) is 0. The average Bonchev–Trinajstić information content (AvgIpc) is 3.22. The molecule has 30 heavy (non-hydrogen) atoms. The highest BCUT2D eigenvalue weighted by atomic mass is 35.5. The third-order valence-electron chi connectivity index (χ3n) is 4.77. The van der Waals surface area contributed by atoms with E-state index in [1.807, 2.05) is 0 Å². The molecule has 0 N–H and O–H groups in total. The Morgan fingerprint density at radius 1 is 1.30 bits per heavy atom. The monoisotopic (exact) mass is 452 g/mol. The fourth-order valence-electron chi connectivity index (χ4n) is 3.14. The van der Waals surface area contributed by atoms with E-state index in [0.29, 0.717) is 28.8 Å². The third kappa shape index (κ3) is 5.09. The Morgan fingerprint density at radius 2 is 2.00 bits per heavy atom. The Bertz CT molecular complexity index is 1090. The van der Waals surface area contributed by atoms with E-state index in [2.05, 4.69) is 9.84 Å². The van der Waals surface area contributed by atoms with E-state index < -0.39 is 21.8 Å². The summed E-state index contributed by atoms with van der Waals surface area (Å²) in [6.45, 7) is 1.77. The SMILES string of the molecule is COC(=O)c1ccc(COC(=O)/C=C/c2c(C)nn([C@H]3CCS(=O)(=O)C3)c2Cl)cc1. The number of sulfone groups is 1. The first-order valence-corrected chi connectivity index (χ1v) is 11.4. The van der Waals surface area contributed by atoms with Gasteiger partial charge in [-0.05, 0) is 37.1 Å². The van der Waals surface area contributed by atoms with E-state index in [1.165, 1.54) is 23.9 Å². The van der Waals surface area contributed by atoms with Gasteiger partial charge in [0.15, 0.2) is 9.84 Å². The minimum Gasteiger partial charge on any atom is -0.465 e. The maximum absolute atomic E-state index is 12.0. The zero-order valence-corrected chi connectivity index (χ0v) is 18.1. The van der Waals surface area contributed by atoms with Gasteiger partial charge in [-0.2, -0.15) is 5.10 Å². The molecule has 0 saturated carbocycles. The highest BCUT2D eigenvalue weighted by molar-refractivity contribution is 7.91. The largest absolute Gasteiger partial charge is 0.465 e. The van der Waals surface area contributed by atoms with Crippen molar-refractivity contribution in [1.82, 2.24) is 9.78 Å². The van der Waals surface area contributed by atoms with Crippen molar-refractivity contribution >= 4 is 39.5 Å². The van der Waals surface area contributed by atoms with Crippen LogP contribution in [-0.4, -0.2) is 48.8 Å². The van der Waals surface area contributed by atoms with Crippen LogP contribution < -0.4 is 0 Å². The second-order valence-electron chi connectivity index (χ2n) is 6.92. The van der Waals surface area contributed by atoms with Crippen molar-refractivity contribution in [3.05, 3.63) is 57.9 Å². The van der Waals surface area contributed by atoms with E-state index in [-0.39, 0.29) is 29.3 Å². The van der Waals surface area contributed by atoms with Crippen molar-refractivity contribution in [3.8, 4) is 0 Å². The van der Waals surface area contributed by atoms with Gasteiger partial charge in [0.2, 0.25) is 0 Å². The van der Waals surface area contributed by atoms with Crippen LogP contribution in [-0.2, 0) is 30.7 Å². The van der Waals surface area contributed by atoms with E-state index in [4.69, 9.17) is 16.3 Å². The summed E-state index contributed by atoms with van der Waals surface area (Å²) in [4.78, 5) is 23.5.